The zero-order chi connectivity index (χ0) is 15.2. The van der Waals surface area contributed by atoms with Crippen molar-refractivity contribution in [2.24, 2.45) is 5.92 Å². The molecule has 0 radical (unpaired) electrons. The zero-order valence-electron chi connectivity index (χ0n) is 12.4. The summed E-state index contributed by atoms with van der Waals surface area (Å²) < 4.78 is 5.23. The van der Waals surface area contributed by atoms with Gasteiger partial charge in [-0.1, -0.05) is 43.3 Å². The molecular weight excluding hydrogens is 264 g/mol. The van der Waals surface area contributed by atoms with Crippen LogP contribution in [0.15, 0.2) is 48.5 Å². The summed E-state index contributed by atoms with van der Waals surface area (Å²) in [6.45, 7) is 1.96. The number of benzene rings is 2. The highest BCUT2D eigenvalue weighted by Gasteiger charge is 2.08. The number of aliphatic carboxylic acids is 1. The number of rotatable bonds is 6. The minimum Gasteiger partial charge on any atom is -0.497 e. The van der Waals surface area contributed by atoms with Crippen LogP contribution in [-0.2, 0) is 11.2 Å². The van der Waals surface area contributed by atoms with Crippen LogP contribution in [0.1, 0.15) is 18.9 Å². The number of hydrogen-bond donors (Lipinski definition) is 1. The van der Waals surface area contributed by atoms with Gasteiger partial charge in [-0.05, 0) is 41.2 Å². The maximum atomic E-state index is 10.7. The van der Waals surface area contributed by atoms with E-state index >= 15 is 0 Å². The summed E-state index contributed by atoms with van der Waals surface area (Å²) in [4.78, 5) is 10.7. The van der Waals surface area contributed by atoms with E-state index in [1.807, 2.05) is 31.2 Å². The van der Waals surface area contributed by atoms with Gasteiger partial charge in [-0.25, -0.2) is 0 Å². The lowest BCUT2D eigenvalue weighted by Gasteiger charge is -2.10. The van der Waals surface area contributed by atoms with Gasteiger partial charge >= 0.3 is 5.97 Å². The summed E-state index contributed by atoms with van der Waals surface area (Å²) in [6, 6.07) is 16.2. The summed E-state index contributed by atoms with van der Waals surface area (Å²) in [5.74, 6) is 0.243. The van der Waals surface area contributed by atoms with Crippen molar-refractivity contribution in [3.8, 4) is 16.9 Å². The van der Waals surface area contributed by atoms with Crippen molar-refractivity contribution >= 4 is 5.97 Å². The number of carboxylic acids is 1. The van der Waals surface area contributed by atoms with E-state index < -0.39 is 5.97 Å². The highest BCUT2D eigenvalue weighted by Crippen LogP contribution is 2.24. The zero-order valence-corrected chi connectivity index (χ0v) is 12.4. The first-order valence-electron chi connectivity index (χ1n) is 7.03. The Bertz CT molecular complexity index is 602. The van der Waals surface area contributed by atoms with Gasteiger partial charge in [-0.15, -0.1) is 0 Å². The molecule has 2 aromatic rings. The lowest BCUT2D eigenvalue weighted by Crippen LogP contribution is -2.06. The van der Waals surface area contributed by atoms with Gasteiger partial charge in [0.15, 0.2) is 0 Å². The molecule has 0 spiro atoms. The van der Waals surface area contributed by atoms with Crippen LogP contribution in [0.25, 0.3) is 11.1 Å². The number of carboxylic acid groups (broad SMARTS) is 1. The molecular formula is C18H20O3. The van der Waals surface area contributed by atoms with Crippen LogP contribution in [0, 0.1) is 5.92 Å². The lowest BCUT2D eigenvalue weighted by atomic mass is 9.96. The van der Waals surface area contributed by atoms with Crippen LogP contribution in [0.3, 0.4) is 0 Å². The van der Waals surface area contributed by atoms with Gasteiger partial charge in [0.1, 0.15) is 5.75 Å². The molecule has 2 aromatic carbocycles. The summed E-state index contributed by atoms with van der Waals surface area (Å²) in [5, 5.41) is 8.79. The second kappa shape index (κ2) is 6.93. The summed E-state index contributed by atoms with van der Waals surface area (Å²) in [7, 11) is 1.66. The molecule has 110 valence electrons. The van der Waals surface area contributed by atoms with Crippen molar-refractivity contribution in [2.75, 3.05) is 7.11 Å². The van der Waals surface area contributed by atoms with E-state index in [0.29, 0.717) is 0 Å². The standard InChI is InChI=1S/C18H20O3/c1-13(11-18(19)20)10-14-6-8-15(9-7-14)16-4-3-5-17(12-16)21-2/h3-9,12-13H,10-11H2,1-2H3,(H,19,20). The van der Waals surface area contributed by atoms with Crippen LogP contribution in [0.4, 0.5) is 0 Å². The van der Waals surface area contributed by atoms with Crippen molar-refractivity contribution in [3.05, 3.63) is 54.1 Å². The highest BCUT2D eigenvalue weighted by molar-refractivity contribution is 5.67. The Balaban J connectivity index is 2.09. The SMILES string of the molecule is COc1cccc(-c2ccc(CC(C)CC(=O)O)cc2)c1. The predicted octanol–water partition coefficient (Wildman–Crippen LogP) is 4.02. The smallest absolute Gasteiger partial charge is 0.303 e. The number of hydrogen-bond acceptors (Lipinski definition) is 2. The number of carbonyl (C=O) groups is 1. The maximum absolute atomic E-state index is 10.7. The van der Waals surface area contributed by atoms with E-state index in [2.05, 4.69) is 24.3 Å². The molecule has 0 saturated heterocycles. The lowest BCUT2D eigenvalue weighted by molar-refractivity contribution is -0.137. The van der Waals surface area contributed by atoms with Gasteiger partial charge in [0.25, 0.3) is 0 Å². The average Bonchev–Trinajstić information content (AvgIpc) is 2.47. The molecule has 2 rings (SSSR count). The molecule has 1 N–H and O–H groups in total. The molecule has 0 aliphatic carbocycles. The third-order valence-electron chi connectivity index (χ3n) is 3.46. The van der Waals surface area contributed by atoms with E-state index in [1.54, 1.807) is 7.11 Å². The fourth-order valence-electron chi connectivity index (χ4n) is 2.41. The molecule has 0 aliphatic rings. The van der Waals surface area contributed by atoms with Crippen LogP contribution >= 0.6 is 0 Å². The van der Waals surface area contributed by atoms with Crippen molar-refractivity contribution in [1.82, 2.24) is 0 Å². The monoisotopic (exact) mass is 284 g/mol. The maximum Gasteiger partial charge on any atom is 0.303 e. The Kier molecular flexibility index (Phi) is 4.99. The van der Waals surface area contributed by atoms with Crippen molar-refractivity contribution in [3.63, 3.8) is 0 Å². The second-order valence-electron chi connectivity index (χ2n) is 5.34. The van der Waals surface area contributed by atoms with E-state index in [9.17, 15) is 4.79 Å². The average molecular weight is 284 g/mol. The molecule has 3 nitrogen and oxygen atoms in total. The van der Waals surface area contributed by atoms with Gasteiger partial charge in [0.05, 0.1) is 7.11 Å². The van der Waals surface area contributed by atoms with Crippen molar-refractivity contribution in [1.29, 1.82) is 0 Å². The van der Waals surface area contributed by atoms with E-state index in [4.69, 9.17) is 9.84 Å². The Hall–Kier alpha value is -2.29. The molecule has 1 unspecified atom stereocenters. The highest BCUT2D eigenvalue weighted by atomic mass is 16.5. The van der Waals surface area contributed by atoms with E-state index in [1.165, 1.54) is 0 Å². The molecule has 0 fully saturated rings. The fraction of sp³-hybridized carbons (Fsp3) is 0.278. The third kappa shape index (κ3) is 4.35. The van der Waals surface area contributed by atoms with E-state index in [-0.39, 0.29) is 12.3 Å². The molecule has 0 aliphatic heterocycles. The second-order valence-corrected chi connectivity index (χ2v) is 5.34. The minimum absolute atomic E-state index is 0.144. The fourth-order valence-corrected chi connectivity index (χ4v) is 2.41. The molecule has 0 bridgehead atoms. The van der Waals surface area contributed by atoms with Crippen molar-refractivity contribution < 1.29 is 14.6 Å². The van der Waals surface area contributed by atoms with Crippen molar-refractivity contribution in [2.45, 2.75) is 19.8 Å². The first kappa shape index (κ1) is 15.1. The van der Waals surface area contributed by atoms with Crippen LogP contribution < -0.4 is 4.74 Å². The van der Waals surface area contributed by atoms with Crippen LogP contribution in [-0.4, -0.2) is 18.2 Å². The summed E-state index contributed by atoms with van der Waals surface area (Å²) in [5.41, 5.74) is 3.40. The van der Waals surface area contributed by atoms with E-state index in [0.717, 1.165) is 28.9 Å². The Morgan fingerprint density at radius 1 is 1.14 bits per heavy atom. The molecule has 3 heteroatoms. The summed E-state index contributed by atoms with van der Waals surface area (Å²) in [6.07, 6.45) is 0.988. The topological polar surface area (TPSA) is 46.5 Å². The largest absolute Gasteiger partial charge is 0.497 e. The Morgan fingerprint density at radius 3 is 2.48 bits per heavy atom. The summed E-state index contributed by atoms with van der Waals surface area (Å²) >= 11 is 0. The number of ether oxygens (including phenoxy) is 1. The van der Waals surface area contributed by atoms with Crippen LogP contribution in [0.5, 0.6) is 5.75 Å². The quantitative estimate of drug-likeness (QED) is 0.871. The van der Waals surface area contributed by atoms with Gasteiger partial charge < -0.3 is 9.84 Å². The Labute approximate surface area is 125 Å². The normalized spacial score (nSPS) is 11.9. The molecule has 1 atom stereocenters. The first-order chi connectivity index (χ1) is 10.1. The molecule has 0 saturated carbocycles. The molecule has 21 heavy (non-hydrogen) atoms. The van der Waals surface area contributed by atoms with Crippen LogP contribution in [0.2, 0.25) is 0 Å². The Morgan fingerprint density at radius 2 is 1.86 bits per heavy atom. The van der Waals surface area contributed by atoms with Gasteiger partial charge in [0, 0.05) is 6.42 Å². The minimum atomic E-state index is -0.740. The first-order valence-corrected chi connectivity index (χ1v) is 7.03. The molecule has 0 amide bonds. The number of methoxy groups -OCH3 is 1. The van der Waals surface area contributed by atoms with Gasteiger partial charge in [-0.2, -0.15) is 0 Å². The third-order valence-corrected chi connectivity index (χ3v) is 3.46. The van der Waals surface area contributed by atoms with Gasteiger partial charge in [0.2, 0.25) is 0 Å². The predicted molar refractivity (Wildman–Crippen MR) is 83.6 cm³/mol. The van der Waals surface area contributed by atoms with Gasteiger partial charge in [-0.3, -0.25) is 4.79 Å². The molecule has 0 aromatic heterocycles. The molecule has 0 heterocycles.